The number of hydrogen-bond acceptors (Lipinski definition) is 4. The number of methoxy groups -OCH3 is 1. The zero-order valence-electron chi connectivity index (χ0n) is 11.3. The van der Waals surface area contributed by atoms with Crippen LogP contribution in [0, 0.1) is 0 Å². The van der Waals surface area contributed by atoms with Crippen LogP contribution in [0.3, 0.4) is 0 Å². The average Bonchev–Trinajstić information content (AvgIpc) is 2.98. The van der Waals surface area contributed by atoms with E-state index < -0.39 is 0 Å². The molecule has 1 atom stereocenters. The maximum absolute atomic E-state index is 5.66. The summed E-state index contributed by atoms with van der Waals surface area (Å²) in [4.78, 5) is 1.35. The van der Waals surface area contributed by atoms with Gasteiger partial charge in [0.2, 0.25) is 0 Å². The summed E-state index contributed by atoms with van der Waals surface area (Å²) >= 11 is 1.77. The van der Waals surface area contributed by atoms with Crippen molar-refractivity contribution < 1.29 is 9.47 Å². The monoisotopic (exact) mass is 277 g/mol. The fourth-order valence-corrected chi connectivity index (χ4v) is 2.51. The van der Waals surface area contributed by atoms with Crippen LogP contribution in [0.25, 0.3) is 0 Å². The Balaban J connectivity index is 1.68. The lowest BCUT2D eigenvalue weighted by atomic mass is 10.3. The molecule has 19 heavy (non-hydrogen) atoms. The molecule has 0 aliphatic heterocycles. The third-order valence-electron chi connectivity index (χ3n) is 2.85. The third kappa shape index (κ3) is 4.26. The van der Waals surface area contributed by atoms with E-state index >= 15 is 0 Å². The normalized spacial score (nSPS) is 12.1. The zero-order chi connectivity index (χ0) is 13.5. The number of thiophene rings is 1. The summed E-state index contributed by atoms with van der Waals surface area (Å²) in [7, 11) is 1.66. The smallest absolute Gasteiger partial charge is 0.119 e. The number of hydrogen-bond donors (Lipinski definition) is 1. The van der Waals surface area contributed by atoms with E-state index in [1.807, 2.05) is 24.3 Å². The first-order valence-electron chi connectivity index (χ1n) is 6.33. The molecule has 1 aromatic heterocycles. The molecule has 0 fully saturated rings. The standard InChI is InChI=1S/C15H19NO2S/c1-12(15-4-3-11-19-15)16-9-10-18-14-7-5-13(17-2)6-8-14/h3-8,11-12,16H,9-10H2,1-2H3. The summed E-state index contributed by atoms with van der Waals surface area (Å²) in [5.41, 5.74) is 0. The van der Waals surface area contributed by atoms with Crippen LogP contribution >= 0.6 is 11.3 Å². The van der Waals surface area contributed by atoms with Crippen molar-refractivity contribution in [3.05, 3.63) is 46.7 Å². The van der Waals surface area contributed by atoms with Crippen molar-refractivity contribution in [1.29, 1.82) is 0 Å². The SMILES string of the molecule is COc1ccc(OCCNC(C)c2cccs2)cc1. The fourth-order valence-electron chi connectivity index (χ4n) is 1.75. The predicted octanol–water partition coefficient (Wildman–Crippen LogP) is 3.49. The lowest BCUT2D eigenvalue weighted by molar-refractivity contribution is 0.307. The fraction of sp³-hybridized carbons (Fsp3) is 0.333. The molecule has 3 nitrogen and oxygen atoms in total. The lowest BCUT2D eigenvalue weighted by Crippen LogP contribution is -2.23. The van der Waals surface area contributed by atoms with Crippen LogP contribution in [-0.4, -0.2) is 20.3 Å². The van der Waals surface area contributed by atoms with Gasteiger partial charge in [-0.1, -0.05) is 6.07 Å². The minimum atomic E-state index is 0.375. The average molecular weight is 277 g/mol. The van der Waals surface area contributed by atoms with Gasteiger partial charge in [-0.15, -0.1) is 11.3 Å². The van der Waals surface area contributed by atoms with Gasteiger partial charge < -0.3 is 14.8 Å². The highest BCUT2D eigenvalue weighted by molar-refractivity contribution is 7.10. The van der Waals surface area contributed by atoms with Crippen LogP contribution in [0.4, 0.5) is 0 Å². The topological polar surface area (TPSA) is 30.5 Å². The Bertz CT molecular complexity index is 467. The van der Waals surface area contributed by atoms with Crippen molar-refractivity contribution in [2.45, 2.75) is 13.0 Å². The van der Waals surface area contributed by atoms with Gasteiger partial charge in [0.1, 0.15) is 18.1 Å². The Morgan fingerprint density at radius 1 is 1.16 bits per heavy atom. The van der Waals surface area contributed by atoms with Gasteiger partial charge in [-0.25, -0.2) is 0 Å². The van der Waals surface area contributed by atoms with Crippen LogP contribution in [0.2, 0.25) is 0 Å². The van der Waals surface area contributed by atoms with Gasteiger partial charge in [-0.3, -0.25) is 0 Å². The van der Waals surface area contributed by atoms with Crippen LogP contribution in [0.15, 0.2) is 41.8 Å². The first kappa shape index (κ1) is 13.9. The molecule has 0 aliphatic rings. The Morgan fingerprint density at radius 3 is 2.53 bits per heavy atom. The molecule has 0 aliphatic carbocycles. The number of benzene rings is 1. The molecular formula is C15H19NO2S. The molecule has 0 spiro atoms. The minimum Gasteiger partial charge on any atom is -0.497 e. The van der Waals surface area contributed by atoms with E-state index in [0.717, 1.165) is 18.0 Å². The van der Waals surface area contributed by atoms with Crippen LogP contribution in [-0.2, 0) is 0 Å². The Morgan fingerprint density at radius 2 is 1.89 bits per heavy atom. The van der Waals surface area contributed by atoms with E-state index in [0.29, 0.717) is 12.6 Å². The zero-order valence-corrected chi connectivity index (χ0v) is 12.1. The Kier molecular flexibility index (Phi) is 5.24. The van der Waals surface area contributed by atoms with E-state index in [1.54, 1.807) is 18.4 Å². The second kappa shape index (κ2) is 7.16. The van der Waals surface area contributed by atoms with E-state index in [9.17, 15) is 0 Å². The predicted molar refractivity (Wildman–Crippen MR) is 79.2 cm³/mol. The van der Waals surface area contributed by atoms with E-state index in [4.69, 9.17) is 9.47 Å². The maximum atomic E-state index is 5.66. The van der Waals surface area contributed by atoms with E-state index in [2.05, 4.69) is 29.8 Å². The van der Waals surface area contributed by atoms with Crippen molar-refractivity contribution in [2.75, 3.05) is 20.3 Å². The van der Waals surface area contributed by atoms with Crippen LogP contribution in [0.1, 0.15) is 17.8 Å². The highest BCUT2D eigenvalue weighted by atomic mass is 32.1. The summed E-state index contributed by atoms with van der Waals surface area (Å²) in [6, 6.07) is 12.2. The van der Waals surface area contributed by atoms with Gasteiger partial charge in [-0.05, 0) is 42.6 Å². The molecule has 0 radical (unpaired) electrons. The van der Waals surface area contributed by atoms with Crippen LogP contribution < -0.4 is 14.8 Å². The number of nitrogens with one attached hydrogen (secondary N) is 1. The molecule has 1 aromatic carbocycles. The second-order valence-corrected chi connectivity index (χ2v) is 5.19. The minimum absolute atomic E-state index is 0.375. The van der Waals surface area contributed by atoms with Gasteiger partial charge in [0, 0.05) is 17.5 Å². The quantitative estimate of drug-likeness (QED) is 0.786. The molecule has 0 saturated carbocycles. The number of rotatable bonds is 7. The number of ether oxygens (including phenoxy) is 2. The molecule has 0 amide bonds. The highest BCUT2D eigenvalue weighted by Gasteiger charge is 2.04. The van der Waals surface area contributed by atoms with E-state index in [-0.39, 0.29) is 0 Å². The molecule has 1 N–H and O–H groups in total. The first-order valence-corrected chi connectivity index (χ1v) is 7.21. The van der Waals surface area contributed by atoms with Gasteiger partial charge in [0.05, 0.1) is 7.11 Å². The summed E-state index contributed by atoms with van der Waals surface area (Å²) in [5.74, 6) is 1.71. The first-order chi connectivity index (χ1) is 9.29. The third-order valence-corrected chi connectivity index (χ3v) is 3.91. The molecule has 102 valence electrons. The summed E-state index contributed by atoms with van der Waals surface area (Å²) < 4.78 is 10.8. The van der Waals surface area contributed by atoms with E-state index in [1.165, 1.54) is 4.88 Å². The summed E-state index contributed by atoms with van der Waals surface area (Å²) in [6.07, 6.45) is 0. The largest absolute Gasteiger partial charge is 0.497 e. The maximum Gasteiger partial charge on any atom is 0.119 e. The van der Waals surface area contributed by atoms with Crippen molar-refractivity contribution >= 4 is 11.3 Å². The lowest BCUT2D eigenvalue weighted by Gasteiger charge is -2.12. The van der Waals surface area contributed by atoms with Crippen molar-refractivity contribution in [1.82, 2.24) is 5.32 Å². The van der Waals surface area contributed by atoms with Crippen LogP contribution in [0.5, 0.6) is 11.5 Å². The molecule has 0 saturated heterocycles. The molecular weight excluding hydrogens is 258 g/mol. The van der Waals surface area contributed by atoms with Gasteiger partial charge >= 0.3 is 0 Å². The summed E-state index contributed by atoms with van der Waals surface area (Å²) in [6.45, 7) is 3.65. The van der Waals surface area contributed by atoms with Crippen molar-refractivity contribution in [2.24, 2.45) is 0 Å². The second-order valence-electron chi connectivity index (χ2n) is 4.22. The van der Waals surface area contributed by atoms with Gasteiger partial charge in [0.25, 0.3) is 0 Å². The van der Waals surface area contributed by atoms with Gasteiger partial charge in [0.15, 0.2) is 0 Å². The Labute approximate surface area is 118 Å². The molecule has 2 rings (SSSR count). The Hall–Kier alpha value is -1.52. The highest BCUT2D eigenvalue weighted by Crippen LogP contribution is 2.18. The molecule has 1 unspecified atom stereocenters. The van der Waals surface area contributed by atoms with Crippen molar-refractivity contribution in [3.63, 3.8) is 0 Å². The molecule has 2 aromatic rings. The summed E-state index contributed by atoms with van der Waals surface area (Å²) in [5, 5.41) is 5.54. The molecule has 0 bridgehead atoms. The van der Waals surface area contributed by atoms with Crippen molar-refractivity contribution in [3.8, 4) is 11.5 Å². The molecule has 4 heteroatoms. The van der Waals surface area contributed by atoms with Gasteiger partial charge in [-0.2, -0.15) is 0 Å². The molecule has 1 heterocycles.